The van der Waals surface area contributed by atoms with Gasteiger partial charge in [-0.25, -0.2) is 0 Å². The fourth-order valence-electron chi connectivity index (χ4n) is 2.23. The van der Waals surface area contributed by atoms with Gasteiger partial charge in [-0.05, 0) is 44.0 Å². The summed E-state index contributed by atoms with van der Waals surface area (Å²) in [4.78, 5) is 12.2. The van der Waals surface area contributed by atoms with Gasteiger partial charge in [0.25, 0.3) is 5.91 Å². The first kappa shape index (κ1) is 16.9. The number of carbonyl (C=O) groups is 1. The van der Waals surface area contributed by atoms with E-state index in [0.29, 0.717) is 23.6 Å². The van der Waals surface area contributed by atoms with Crippen molar-refractivity contribution in [1.29, 1.82) is 0 Å². The molecule has 2 aromatic rings. The van der Waals surface area contributed by atoms with Crippen molar-refractivity contribution in [3.63, 3.8) is 0 Å². The van der Waals surface area contributed by atoms with E-state index < -0.39 is 0 Å². The van der Waals surface area contributed by atoms with Crippen LogP contribution in [0.25, 0.3) is 0 Å². The summed E-state index contributed by atoms with van der Waals surface area (Å²) in [7, 11) is 1.57. The van der Waals surface area contributed by atoms with Gasteiger partial charge < -0.3 is 14.8 Å². The lowest BCUT2D eigenvalue weighted by Gasteiger charge is -2.14. The van der Waals surface area contributed by atoms with Crippen molar-refractivity contribution in [2.45, 2.75) is 26.4 Å². The van der Waals surface area contributed by atoms with E-state index in [1.54, 1.807) is 25.3 Å². The van der Waals surface area contributed by atoms with E-state index in [2.05, 4.69) is 5.32 Å². The van der Waals surface area contributed by atoms with Crippen LogP contribution in [-0.4, -0.2) is 25.7 Å². The van der Waals surface area contributed by atoms with Gasteiger partial charge in [-0.3, -0.25) is 4.79 Å². The Hall–Kier alpha value is -2.49. The van der Waals surface area contributed by atoms with Crippen molar-refractivity contribution in [2.75, 3.05) is 13.7 Å². The molecule has 0 radical (unpaired) electrons. The van der Waals surface area contributed by atoms with Gasteiger partial charge in [0.15, 0.2) is 11.5 Å². The maximum atomic E-state index is 12.2. The lowest BCUT2D eigenvalue weighted by atomic mass is 10.1. The van der Waals surface area contributed by atoms with Crippen LogP contribution in [0, 0.1) is 0 Å². The summed E-state index contributed by atoms with van der Waals surface area (Å²) in [5.74, 6) is 1.09. The quantitative estimate of drug-likeness (QED) is 0.851. The normalized spacial score (nSPS) is 10.4. The molecule has 0 saturated carbocycles. The first-order valence-electron chi connectivity index (χ1n) is 7.77. The maximum Gasteiger partial charge on any atom is 0.251 e. The second kappa shape index (κ2) is 8.22. The van der Waals surface area contributed by atoms with E-state index in [0.717, 1.165) is 6.42 Å². The van der Waals surface area contributed by atoms with Crippen molar-refractivity contribution in [3.8, 4) is 11.5 Å². The number of benzene rings is 2. The molecular formula is C19H23NO3. The van der Waals surface area contributed by atoms with E-state index in [1.807, 2.05) is 44.2 Å². The minimum absolute atomic E-state index is 0.0504. The highest BCUT2D eigenvalue weighted by Crippen LogP contribution is 2.28. The monoisotopic (exact) mass is 313 g/mol. The van der Waals surface area contributed by atoms with Crippen molar-refractivity contribution in [3.05, 3.63) is 59.7 Å². The molecule has 0 unspecified atom stereocenters. The summed E-state index contributed by atoms with van der Waals surface area (Å²) in [5, 5.41) is 2.92. The van der Waals surface area contributed by atoms with Gasteiger partial charge in [0.2, 0.25) is 0 Å². The van der Waals surface area contributed by atoms with Gasteiger partial charge in [-0.1, -0.05) is 30.3 Å². The number of methoxy groups -OCH3 is 1. The summed E-state index contributed by atoms with van der Waals surface area (Å²) in [5.41, 5.74) is 1.76. The van der Waals surface area contributed by atoms with Crippen LogP contribution in [0.15, 0.2) is 48.5 Å². The highest BCUT2D eigenvalue weighted by atomic mass is 16.5. The third-order valence-electron chi connectivity index (χ3n) is 3.33. The smallest absolute Gasteiger partial charge is 0.251 e. The molecule has 0 fully saturated rings. The Morgan fingerprint density at radius 1 is 1.09 bits per heavy atom. The second-order valence-electron chi connectivity index (χ2n) is 5.52. The summed E-state index contributed by atoms with van der Waals surface area (Å²) in [6.07, 6.45) is 0.854. The molecule has 0 aliphatic rings. The van der Waals surface area contributed by atoms with Crippen LogP contribution in [0.5, 0.6) is 11.5 Å². The molecule has 1 N–H and O–H groups in total. The summed E-state index contributed by atoms with van der Waals surface area (Å²) in [6, 6.07) is 15.3. The molecule has 1 amide bonds. The zero-order chi connectivity index (χ0) is 16.7. The topological polar surface area (TPSA) is 47.6 Å². The number of hydrogen-bond acceptors (Lipinski definition) is 3. The minimum atomic E-state index is -0.115. The molecule has 2 aromatic carbocycles. The Balaban J connectivity index is 1.96. The highest BCUT2D eigenvalue weighted by molar-refractivity contribution is 5.94. The average Bonchev–Trinajstić information content (AvgIpc) is 2.55. The van der Waals surface area contributed by atoms with Gasteiger partial charge in [-0.2, -0.15) is 0 Å². The first-order valence-corrected chi connectivity index (χ1v) is 7.77. The van der Waals surface area contributed by atoms with Crippen LogP contribution in [0.2, 0.25) is 0 Å². The molecule has 0 saturated heterocycles. The third kappa shape index (κ3) is 5.02. The van der Waals surface area contributed by atoms with Crippen LogP contribution < -0.4 is 14.8 Å². The molecule has 122 valence electrons. The van der Waals surface area contributed by atoms with Crippen molar-refractivity contribution in [2.24, 2.45) is 0 Å². The van der Waals surface area contributed by atoms with E-state index >= 15 is 0 Å². The molecule has 0 aromatic heterocycles. The van der Waals surface area contributed by atoms with Gasteiger partial charge in [0.1, 0.15) is 0 Å². The zero-order valence-corrected chi connectivity index (χ0v) is 13.8. The molecule has 4 heteroatoms. The lowest BCUT2D eigenvalue weighted by molar-refractivity contribution is 0.0953. The van der Waals surface area contributed by atoms with Gasteiger partial charge in [0, 0.05) is 12.1 Å². The molecule has 0 aliphatic heterocycles. The standard InChI is InChI=1S/C19H23NO3/c1-14(2)23-17-10-9-16(13-18(17)22-3)19(21)20-12-11-15-7-5-4-6-8-15/h4-10,13-14H,11-12H2,1-3H3,(H,20,21). The Kier molecular flexibility index (Phi) is 6.03. The van der Waals surface area contributed by atoms with Gasteiger partial charge in [-0.15, -0.1) is 0 Å². The number of hydrogen-bond donors (Lipinski definition) is 1. The van der Waals surface area contributed by atoms with E-state index in [-0.39, 0.29) is 12.0 Å². The average molecular weight is 313 g/mol. The lowest BCUT2D eigenvalue weighted by Crippen LogP contribution is -2.25. The van der Waals surface area contributed by atoms with E-state index in [1.165, 1.54) is 5.56 Å². The predicted molar refractivity (Wildman–Crippen MR) is 91.2 cm³/mol. The first-order chi connectivity index (χ1) is 11.1. The van der Waals surface area contributed by atoms with Gasteiger partial charge in [0.05, 0.1) is 13.2 Å². The van der Waals surface area contributed by atoms with Crippen molar-refractivity contribution < 1.29 is 14.3 Å². The molecule has 0 spiro atoms. The molecule has 4 nitrogen and oxygen atoms in total. The largest absolute Gasteiger partial charge is 0.493 e. The van der Waals surface area contributed by atoms with E-state index in [9.17, 15) is 4.79 Å². The predicted octanol–water partition coefficient (Wildman–Crippen LogP) is 3.45. The van der Waals surface area contributed by atoms with Crippen molar-refractivity contribution >= 4 is 5.91 Å². The molecule has 0 heterocycles. The summed E-state index contributed by atoms with van der Waals surface area (Å²) in [6.45, 7) is 4.49. The van der Waals surface area contributed by atoms with Crippen LogP contribution in [0.4, 0.5) is 0 Å². The van der Waals surface area contributed by atoms with E-state index in [4.69, 9.17) is 9.47 Å². The van der Waals surface area contributed by atoms with Crippen LogP contribution in [-0.2, 0) is 6.42 Å². The molecule has 2 rings (SSSR count). The molecular weight excluding hydrogens is 290 g/mol. The molecule has 23 heavy (non-hydrogen) atoms. The summed E-state index contributed by atoms with van der Waals surface area (Å²) < 4.78 is 11.0. The Morgan fingerprint density at radius 3 is 2.48 bits per heavy atom. The molecule has 0 atom stereocenters. The fourth-order valence-corrected chi connectivity index (χ4v) is 2.23. The second-order valence-corrected chi connectivity index (χ2v) is 5.52. The maximum absolute atomic E-state index is 12.2. The number of rotatable bonds is 7. The molecule has 0 bridgehead atoms. The van der Waals surface area contributed by atoms with Gasteiger partial charge >= 0.3 is 0 Å². The molecule has 0 aliphatic carbocycles. The third-order valence-corrected chi connectivity index (χ3v) is 3.33. The fraction of sp³-hybridized carbons (Fsp3) is 0.316. The zero-order valence-electron chi connectivity index (χ0n) is 13.8. The highest BCUT2D eigenvalue weighted by Gasteiger charge is 2.11. The number of amides is 1. The van der Waals surface area contributed by atoms with Crippen LogP contribution >= 0.6 is 0 Å². The number of ether oxygens (including phenoxy) is 2. The van der Waals surface area contributed by atoms with Crippen molar-refractivity contribution in [1.82, 2.24) is 5.32 Å². The Morgan fingerprint density at radius 2 is 1.83 bits per heavy atom. The SMILES string of the molecule is COc1cc(C(=O)NCCc2ccccc2)ccc1OC(C)C. The Bertz CT molecular complexity index is 638. The number of nitrogens with one attached hydrogen (secondary N) is 1. The number of carbonyl (C=O) groups excluding carboxylic acids is 1. The summed E-state index contributed by atoms with van der Waals surface area (Å²) >= 11 is 0. The Labute approximate surface area is 137 Å². The van der Waals surface area contributed by atoms with Crippen LogP contribution in [0.1, 0.15) is 29.8 Å². The minimum Gasteiger partial charge on any atom is -0.493 e. The van der Waals surface area contributed by atoms with Crippen LogP contribution in [0.3, 0.4) is 0 Å².